The van der Waals surface area contributed by atoms with Gasteiger partial charge in [0.2, 0.25) is 0 Å². The number of nitrogens with one attached hydrogen (secondary N) is 1. The number of non-ortho nitro benzene ring substituents is 1. The fraction of sp³-hybridized carbons (Fsp3) is 0.333. The normalized spacial score (nSPS) is 16.4. The van der Waals surface area contributed by atoms with Gasteiger partial charge in [0, 0.05) is 31.2 Å². The van der Waals surface area contributed by atoms with Gasteiger partial charge in [0.05, 0.1) is 16.7 Å². The molecule has 0 aromatic heterocycles. The average Bonchev–Trinajstić information content (AvgIpc) is 2.62. The van der Waals surface area contributed by atoms with Crippen LogP contribution in [-0.2, 0) is 10.2 Å². The van der Waals surface area contributed by atoms with Crippen LogP contribution in [0.5, 0.6) is 0 Å². The third-order valence-corrected chi connectivity index (χ3v) is 4.69. The first-order chi connectivity index (χ1) is 12.0. The van der Waals surface area contributed by atoms with Gasteiger partial charge in [0.25, 0.3) is 5.69 Å². The standard InChI is InChI=1S/C18H18F2N2O3/c19-14-3-1-13(2-4-14)18(7-9-25-10-8-18)12-21-17-6-5-15(22(23)24)11-16(17)20/h1-6,11,21H,7-10,12H2. The average molecular weight is 348 g/mol. The molecule has 0 radical (unpaired) electrons. The molecule has 2 aromatic carbocycles. The molecule has 0 saturated carbocycles. The lowest BCUT2D eigenvalue weighted by atomic mass is 9.74. The SMILES string of the molecule is O=[N+]([O-])c1ccc(NCC2(c3ccc(F)cc3)CCOCC2)c(F)c1. The minimum absolute atomic E-state index is 0.207. The lowest BCUT2D eigenvalue weighted by molar-refractivity contribution is -0.385. The number of ether oxygens (including phenoxy) is 1. The summed E-state index contributed by atoms with van der Waals surface area (Å²) in [5.74, 6) is -0.976. The highest BCUT2D eigenvalue weighted by molar-refractivity contribution is 5.50. The summed E-state index contributed by atoms with van der Waals surface area (Å²) in [6.07, 6.45) is 1.44. The minimum atomic E-state index is -0.671. The Hall–Kier alpha value is -2.54. The second kappa shape index (κ2) is 7.14. The van der Waals surface area contributed by atoms with Crippen molar-refractivity contribution in [3.8, 4) is 0 Å². The molecule has 1 aliphatic rings. The van der Waals surface area contributed by atoms with Crippen molar-refractivity contribution in [2.24, 2.45) is 0 Å². The summed E-state index contributed by atoms with van der Waals surface area (Å²) in [6.45, 7) is 1.57. The van der Waals surface area contributed by atoms with E-state index in [0.29, 0.717) is 19.8 Å². The van der Waals surface area contributed by atoms with Gasteiger partial charge in [-0.1, -0.05) is 12.1 Å². The van der Waals surface area contributed by atoms with Crippen LogP contribution in [0.1, 0.15) is 18.4 Å². The number of rotatable bonds is 5. The number of hydrogen-bond donors (Lipinski definition) is 1. The van der Waals surface area contributed by atoms with E-state index in [4.69, 9.17) is 4.74 Å². The lowest BCUT2D eigenvalue weighted by Crippen LogP contribution is -2.40. The van der Waals surface area contributed by atoms with Crippen molar-refractivity contribution in [2.75, 3.05) is 25.1 Å². The number of benzene rings is 2. The fourth-order valence-corrected chi connectivity index (χ4v) is 3.16. The Morgan fingerprint density at radius 2 is 1.80 bits per heavy atom. The van der Waals surface area contributed by atoms with Gasteiger partial charge in [-0.05, 0) is 36.6 Å². The number of anilines is 1. The Morgan fingerprint density at radius 1 is 1.12 bits per heavy atom. The Labute approximate surface area is 143 Å². The monoisotopic (exact) mass is 348 g/mol. The molecule has 2 aromatic rings. The van der Waals surface area contributed by atoms with Gasteiger partial charge in [0.15, 0.2) is 5.82 Å². The summed E-state index contributed by atoms with van der Waals surface area (Å²) in [4.78, 5) is 10.1. The molecule has 0 amide bonds. The van der Waals surface area contributed by atoms with Crippen molar-refractivity contribution in [3.63, 3.8) is 0 Å². The number of nitro benzene ring substituents is 1. The summed E-state index contributed by atoms with van der Waals surface area (Å²) in [6, 6.07) is 9.85. The Balaban J connectivity index is 1.82. The van der Waals surface area contributed by atoms with Crippen LogP contribution < -0.4 is 5.32 Å². The number of nitrogens with zero attached hydrogens (tertiary/aromatic N) is 1. The quantitative estimate of drug-likeness (QED) is 0.654. The highest BCUT2D eigenvalue weighted by Crippen LogP contribution is 2.35. The van der Waals surface area contributed by atoms with Crippen molar-refractivity contribution in [2.45, 2.75) is 18.3 Å². The molecule has 0 unspecified atom stereocenters. The Bertz CT molecular complexity index is 759. The molecule has 132 valence electrons. The first-order valence-electron chi connectivity index (χ1n) is 8.02. The summed E-state index contributed by atoms with van der Waals surface area (Å²) < 4.78 is 32.8. The van der Waals surface area contributed by atoms with E-state index < -0.39 is 10.7 Å². The maximum atomic E-state index is 14.1. The molecule has 3 rings (SSSR count). The summed E-state index contributed by atoms with van der Waals surface area (Å²) in [5.41, 5.74) is 0.577. The molecule has 1 fully saturated rings. The molecular weight excluding hydrogens is 330 g/mol. The van der Waals surface area contributed by atoms with E-state index in [0.717, 1.165) is 24.5 Å². The van der Waals surface area contributed by atoms with Crippen molar-refractivity contribution in [1.29, 1.82) is 0 Å². The maximum absolute atomic E-state index is 14.1. The Morgan fingerprint density at radius 3 is 2.40 bits per heavy atom. The van der Waals surface area contributed by atoms with Crippen LogP contribution in [0.2, 0.25) is 0 Å². The molecule has 0 bridgehead atoms. The van der Waals surface area contributed by atoms with E-state index in [1.807, 2.05) is 0 Å². The Kier molecular flexibility index (Phi) is 4.94. The van der Waals surface area contributed by atoms with E-state index in [9.17, 15) is 18.9 Å². The zero-order valence-corrected chi connectivity index (χ0v) is 13.5. The van der Waals surface area contributed by atoms with Gasteiger partial charge in [-0.15, -0.1) is 0 Å². The van der Waals surface area contributed by atoms with Crippen LogP contribution in [0.4, 0.5) is 20.2 Å². The second-order valence-corrected chi connectivity index (χ2v) is 6.17. The zero-order valence-electron chi connectivity index (χ0n) is 13.5. The van der Waals surface area contributed by atoms with Crippen LogP contribution in [0.15, 0.2) is 42.5 Å². The molecule has 25 heavy (non-hydrogen) atoms. The van der Waals surface area contributed by atoms with Gasteiger partial charge in [-0.25, -0.2) is 8.78 Å². The van der Waals surface area contributed by atoms with Crippen molar-refractivity contribution in [1.82, 2.24) is 0 Å². The van der Waals surface area contributed by atoms with Crippen LogP contribution in [0, 0.1) is 21.7 Å². The van der Waals surface area contributed by atoms with E-state index in [2.05, 4.69) is 5.32 Å². The topological polar surface area (TPSA) is 64.4 Å². The molecule has 5 nitrogen and oxygen atoms in total. The van der Waals surface area contributed by atoms with E-state index >= 15 is 0 Å². The zero-order chi connectivity index (χ0) is 17.9. The predicted octanol–water partition coefficient (Wildman–Crippen LogP) is 4.03. The highest BCUT2D eigenvalue weighted by atomic mass is 19.1. The van der Waals surface area contributed by atoms with Gasteiger partial charge >= 0.3 is 0 Å². The molecule has 1 aliphatic heterocycles. The van der Waals surface area contributed by atoms with E-state index in [1.165, 1.54) is 24.3 Å². The van der Waals surface area contributed by atoms with E-state index in [-0.39, 0.29) is 22.6 Å². The molecule has 1 N–H and O–H groups in total. The van der Waals surface area contributed by atoms with Crippen molar-refractivity contribution < 1.29 is 18.4 Å². The van der Waals surface area contributed by atoms with Crippen LogP contribution in [0.3, 0.4) is 0 Å². The molecule has 0 atom stereocenters. The summed E-state index contributed by atoms with van der Waals surface area (Å²) in [7, 11) is 0. The summed E-state index contributed by atoms with van der Waals surface area (Å²) in [5, 5.41) is 13.8. The highest BCUT2D eigenvalue weighted by Gasteiger charge is 2.34. The minimum Gasteiger partial charge on any atom is -0.382 e. The molecular formula is C18H18F2N2O3. The molecule has 0 spiro atoms. The number of hydrogen-bond acceptors (Lipinski definition) is 4. The number of nitro groups is 1. The first-order valence-corrected chi connectivity index (χ1v) is 8.02. The van der Waals surface area contributed by atoms with Gasteiger partial charge < -0.3 is 10.1 Å². The predicted molar refractivity (Wildman–Crippen MR) is 89.7 cm³/mol. The number of halogens is 2. The third kappa shape index (κ3) is 3.76. The van der Waals surface area contributed by atoms with Crippen LogP contribution >= 0.6 is 0 Å². The smallest absolute Gasteiger partial charge is 0.272 e. The van der Waals surface area contributed by atoms with Gasteiger partial charge in [-0.3, -0.25) is 10.1 Å². The van der Waals surface area contributed by atoms with Crippen LogP contribution in [0.25, 0.3) is 0 Å². The lowest BCUT2D eigenvalue weighted by Gasteiger charge is -2.38. The second-order valence-electron chi connectivity index (χ2n) is 6.17. The molecule has 1 heterocycles. The van der Waals surface area contributed by atoms with E-state index in [1.54, 1.807) is 12.1 Å². The molecule has 7 heteroatoms. The third-order valence-electron chi connectivity index (χ3n) is 4.69. The van der Waals surface area contributed by atoms with Gasteiger partial charge in [-0.2, -0.15) is 0 Å². The van der Waals surface area contributed by atoms with Crippen molar-refractivity contribution >= 4 is 11.4 Å². The molecule has 0 aliphatic carbocycles. The fourth-order valence-electron chi connectivity index (χ4n) is 3.16. The van der Waals surface area contributed by atoms with Gasteiger partial charge in [0.1, 0.15) is 5.82 Å². The van der Waals surface area contributed by atoms with Crippen LogP contribution in [-0.4, -0.2) is 24.7 Å². The first kappa shape index (κ1) is 17.3. The maximum Gasteiger partial charge on any atom is 0.272 e. The molecule has 1 saturated heterocycles. The largest absolute Gasteiger partial charge is 0.382 e. The van der Waals surface area contributed by atoms with Crippen molar-refractivity contribution in [3.05, 3.63) is 69.8 Å². The summed E-state index contributed by atoms with van der Waals surface area (Å²) >= 11 is 0.